The number of carboxylic acid groups (broad SMARTS) is 1. The van der Waals surface area contributed by atoms with Gasteiger partial charge in [-0.3, -0.25) is 5.10 Å². The van der Waals surface area contributed by atoms with Crippen LogP contribution in [0.15, 0.2) is 11.2 Å². The summed E-state index contributed by atoms with van der Waals surface area (Å²) in [5.74, 6) is -1.36. The molecule has 0 saturated heterocycles. The summed E-state index contributed by atoms with van der Waals surface area (Å²) in [4.78, 5) is 11.0. The van der Waals surface area contributed by atoms with Crippen LogP contribution in [0.4, 0.5) is 0 Å². The normalized spacial score (nSPS) is 12.0. The minimum absolute atomic E-state index is 0.112. The maximum atomic E-state index is 12.5. The third kappa shape index (κ3) is 4.49. The highest BCUT2D eigenvalue weighted by molar-refractivity contribution is 7.89. The van der Waals surface area contributed by atoms with Crippen molar-refractivity contribution in [1.29, 1.82) is 0 Å². The van der Waals surface area contributed by atoms with Crippen LogP contribution in [0, 0.1) is 0 Å². The van der Waals surface area contributed by atoms with Crippen molar-refractivity contribution in [1.82, 2.24) is 14.5 Å². The van der Waals surface area contributed by atoms with Gasteiger partial charge in [-0.1, -0.05) is 0 Å². The largest absolute Gasteiger partial charge is 0.478 e. The van der Waals surface area contributed by atoms with Crippen LogP contribution in [0.3, 0.4) is 0 Å². The van der Waals surface area contributed by atoms with Gasteiger partial charge in [0.05, 0.1) is 12.8 Å². The van der Waals surface area contributed by atoms with Gasteiger partial charge in [0.15, 0.2) is 5.03 Å². The first kappa shape index (κ1) is 17.6. The lowest BCUT2D eigenvalue weighted by Crippen LogP contribution is -2.36. The van der Waals surface area contributed by atoms with Gasteiger partial charge in [0.2, 0.25) is 0 Å². The zero-order chi connectivity index (χ0) is 15.9. The molecule has 0 aromatic carbocycles. The number of carbonyl (C=O) groups is 1. The van der Waals surface area contributed by atoms with E-state index in [0.717, 1.165) is 10.5 Å². The molecule has 0 bridgehead atoms. The number of ether oxygens (including phenoxy) is 2. The monoisotopic (exact) mass is 321 g/mol. The molecule has 0 aliphatic carbocycles. The summed E-state index contributed by atoms with van der Waals surface area (Å²) < 4.78 is 36.0. The molecule has 0 aliphatic rings. The van der Waals surface area contributed by atoms with Crippen molar-refractivity contribution in [3.05, 3.63) is 11.8 Å². The van der Waals surface area contributed by atoms with Crippen molar-refractivity contribution in [2.45, 2.75) is 11.4 Å². The Balaban J connectivity index is 3.01. The summed E-state index contributed by atoms with van der Waals surface area (Å²) in [6.07, 6.45) is 1.45. The minimum atomic E-state index is -3.99. The van der Waals surface area contributed by atoms with Crippen LogP contribution >= 0.6 is 0 Å². The molecule has 1 rings (SSSR count). The molecule has 0 amide bonds. The molecule has 9 nitrogen and oxygen atoms in total. The van der Waals surface area contributed by atoms with Crippen LogP contribution in [0.25, 0.3) is 0 Å². The molecule has 0 atom stereocenters. The van der Waals surface area contributed by atoms with Gasteiger partial charge < -0.3 is 14.6 Å². The van der Waals surface area contributed by atoms with Crippen molar-refractivity contribution >= 4 is 16.0 Å². The van der Waals surface area contributed by atoms with Crippen LogP contribution < -0.4 is 0 Å². The molecule has 1 heterocycles. The summed E-state index contributed by atoms with van der Waals surface area (Å²) in [6, 6.07) is 0. The summed E-state index contributed by atoms with van der Waals surface area (Å²) in [7, 11) is -1.01. The average molecular weight is 321 g/mol. The van der Waals surface area contributed by atoms with E-state index in [4.69, 9.17) is 14.6 Å². The van der Waals surface area contributed by atoms with E-state index in [9.17, 15) is 13.2 Å². The molecule has 21 heavy (non-hydrogen) atoms. The number of methoxy groups -OCH3 is 2. The number of nitrogens with one attached hydrogen (secondary N) is 1. The van der Waals surface area contributed by atoms with Gasteiger partial charge in [0.25, 0.3) is 10.0 Å². The van der Waals surface area contributed by atoms with Gasteiger partial charge in [-0.05, 0) is 6.42 Å². The first-order chi connectivity index (χ1) is 9.95. The number of H-pyrrole nitrogens is 1. The second-order valence-electron chi connectivity index (χ2n) is 4.16. The molecule has 120 valence electrons. The Morgan fingerprint density at radius 3 is 2.57 bits per heavy atom. The van der Waals surface area contributed by atoms with E-state index in [0.29, 0.717) is 13.0 Å². The third-order valence-electron chi connectivity index (χ3n) is 2.73. The summed E-state index contributed by atoms with van der Waals surface area (Å²) in [6.45, 7) is 0.898. The second kappa shape index (κ2) is 8.08. The van der Waals surface area contributed by atoms with Gasteiger partial charge in [-0.2, -0.15) is 9.40 Å². The first-order valence-corrected chi connectivity index (χ1v) is 7.63. The van der Waals surface area contributed by atoms with Crippen LogP contribution in [-0.2, 0) is 19.5 Å². The molecule has 0 spiro atoms. The fourth-order valence-corrected chi connectivity index (χ4v) is 3.21. The number of hydrogen-bond acceptors (Lipinski definition) is 6. The lowest BCUT2D eigenvalue weighted by Gasteiger charge is -2.21. The Bertz CT molecular complexity index is 556. The molecule has 1 aromatic heterocycles. The van der Waals surface area contributed by atoms with Gasteiger partial charge in [0.1, 0.15) is 5.56 Å². The molecule has 10 heteroatoms. The van der Waals surface area contributed by atoms with E-state index >= 15 is 0 Å². The predicted octanol–water partition coefficient (Wildman–Crippen LogP) is -0.218. The van der Waals surface area contributed by atoms with Crippen molar-refractivity contribution in [3.8, 4) is 0 Å². The third-order valence-corrected chi connectivity index (χ3v) is 4.61. The topological polar surface area (TPSA) is 122 Å². The Hall–Kier alpha value is -1.49. The zero-order valence-electron chi connectivity index (χ0n) is 11.9. The molecule has 0 radical (unpaired) electrons. The first-order valence-electron chi connectivity index (χ1n) is 6.19. The van der Waals surface area contributed by atoms with Gasteiger partial charge in [0, 0.05) is 33.9 Å². The number of aromatic carboxylic acids is 1. The number of aromatic nitrogens is 2. The van der Waals surface area contributed by atoms with E-state index < -0.39 is 21.0 Å². The lowest BCUT2D eigenvalue weighted by molar-refractivity contribution is 0.0692. The molecule has 0 fully saturated rings. The van der Waals surface area contributed by atoms with E-state index in [-0.39, 0.29) is 25.3 Å². The van der Waals surface area contributed by atoms with Gasteiger partial charge >= 0.3 is 5.97 Å². The standard InChI is InChI=1S/C11H19N3O6S/c1-19-6-3-4-14(5-7-20-2)21(17,18)10-9(11(15)16)8-12-13-10/h8H,3-7H2,1-2H3,(H,12,13)(H,15,16). The predicted molar refractivity (Wildman–Crippen MR) is 72.7 cm³/mol. The zero-order valence-corrected chi connectivity index (χ0v) is 12.7. The smallest absolute Gasteiger partial charge is 0.340 e. The van der Waals surface area contributed by atoms with Crippen molar-refractivity contribution in [2.24, 2.45) is 0 Å². The molecule has 2 N–H and O–H groups in total. The second-order valence-corrected chi connectivity index (χ2v) is 6.04. The molecular formula is C11H19N3O6S. The Morgan fingerprint density at radius 2 is 2.00 bits per heavy atom. The molecule has 0 saturated carbocycles. The summed E-state index contributed by atoms with van der Waals surface area (Å²) in [5.41, 5.74) is -0.385. The van der Waals surface area contributed by atoms with E-state index in [1.165, 1.54) is 14.2 Å². The number of aromatic amines is 1. The quantitative estimate of drug-likeness (QED) is 0.571. The number of rotatable bonds is 10. The number of nitrogens with zero attached hydrogens (tertiary/aromatic N) is 2. The minimum Gasteiger partial charge on any atom is -0.478 e. The number of carboxylic acids is 1. The highest BCUT2D eigenvalue weighted by atomic mass is 32.2. The van der Waals surface area contributed by atoms with Crippen LogP contribution in [0.2, 0.25) is 0 Å². The Labute approximate surface area is 122 Å². The highest BCUT2D eigenvalue weighted by Gasteiger charge is 2.30. The summed E-state index contributed by atoms with van der Waals surface area (Å²) in [5, 5.41) is 14.3. The summed E-state index contributed by atoms with van der Waals surface area (Å²) >= 11 is 0. The Kier molecular flexibility index (Phi) is 6.75. The van der Waals surface area contributed by atoms with Gasteiger partial charge in [-0.25, -0.2) is 13.2 Å². The maximum Gasteiger partial charge on any atom is 0.340 e. The van der Waals surface area contributed by atoms with Crippen molar-refractivity contribution < 1.29 is 27.8 Å². The lowest BCUT2D eigenvalue weighted by atomic mass is 10.4. The maximum absolute atomic E-state index is 12.5. The SMILES string of the molecule is COCCCN(CCOC)S(=O)(=O)c1[nH]ncc1C(=O)O. The molecule has 1 aromatic rings. The van der Waals surface area contributed by atoms with Gasteiger partial charge in [-0.15, -0.1) is 0 Å². The van der Waals surface area contributed by atoms with E-state index in [2.05, 4.69) is 10.2 Å². The average Bonchev–Trinajstić information content (AvgIpc) is 2.92. The van der Waals surface area contributed by atoms with Crippen LogP contribution in [-0.4, -0.2) is 74.5 Å². The highest BCUT2D eigenvalue weighted by Crippen LogP contribution is 2.17. The van der Waals surface area contributed by atoms with Crippen LogP contribution in [0.5, 0.6) is 0 Å². The van der Waals surface area contributed by atoms with Crippen LogP contribution in [0.1, 0.15) is 16.8 Å². The fourth-order valence-electron chi connectivity index (χ4n) is 1.68. The van der Waals surface area contributed by atoms with Crippen molar-refractivity contribution in [2.75, 3.05) is 40.5 Å². The van der Waals surface area contributed by atoms with E-state index in [1.807, 2.05) is 0 Å². The fraction of sp³-hybridized carbons (Fsp3) is 0.636. The van der Waals surface area contributed by atoms with Crippen molar-refractivity contribution in [3.63, 3.8) is 0 Å². The number of hydrogen-bond donors (Lipinski definition) is 2. The Morgan fingerprint density at radius 1 is 1.33 bits per heavy atom. The molecular weight excluding hydrogens is 302 g/mol. The molecule has 0 unspecified atom stereocenters. The number of sulfonamides is 1. The van der Waals surface area contributed by atoms with E-state index in [1.54, 1.807) is 0 Å². The molecule has 0 aliphatic heterocycles.